The Balaban J connectivity index is 1.93. The maximum absolute atomic E-state index is 10.4. The third-order valence-electron chi connectivity index (χ3n) is 10.8. The fraction of sp³-hybridized carbons (Fsp3) is 0.758. The van der Waals surface area contributed by atoms with Gasteiger partial charge in [-0.3, -0.25) is 0 Å². The van der Waals surface area contributed by atoms with Crippen molar-refractivity contribution < 1.29 is 14.0 Å². The Labute approximate surface area is 237 Å². The Morgan fingerprint density at radius 3 is 2.16 bits per heavy atom. The van der Waals surface area contributed by atoms with E-state index >= 15 is 0 Å². The van der Waals surface area contributed by atoms with Crippen molar-refractivity contribution in [3.05, 3.63) is 47.1 Å². The summed E-state index contributed by atoms with van der Waals surface area (Å²) in [5.41, 5.74) is 5.30. The molecule has 0 heterocycles. The highest BCUT2D eigenvalue weighted by Gasteiger charge is 2.47. The predicted octanol–water partition coefficient (Wildman–Crippen LogP) is 9.49. The van der Waals surface area contributed by atoms with E-state index in [1.807, 2.05) is 6.92 Å². The topological polar surface area (TPSA) is 38.7 Å². The number of aliphatic hydroxyl groups is 1. The largest absolute Gasteiger partial charge is 0.413 e. The monoisotopic (exact) mass is 558 g/mol. The molecule has 0 aromatic carbocycles. The van der Waals surface area contributed by atoms with Crippen molar-refractivity contribution in [2.45, 2.75) is 148 Å². The summed E-state index contributed by atoms with van der Waals surface area (Å²) in [6, 6.07) is 0. The Morgan fingerprint density at radius 2 is 1.61 bits per heavy atom. The minimum Gasteiger partial charge on any atom is -0.413 e. The van der Waals surface area contributed by atoms with Crippen LogP contribution < -0.4 is 0 Å². The summed E-state index contributed by atoms with van der Waals surface area (Å²) in [5, 5.41) is 10.8. The molecular formula is C33H58O3Si2. The molecule has 0 unspecified atom stereocenters. The summed E-state index contributed by atoms with van der Waals surface area (Å²) in [4.78, 5) is 0. The lowest BCUT2D eigenvalue weighted by Crippen LogP contribution is -2.49. The number of fused-ring (bicyclic) bond motifs is 1. The van der Waals surface area contributed by atoms with Crippen molar-refractivity contribution in [1.29, 1.82) is 0 Å². The van der Waals surface area contributed by atoms with Crippen LogP contribution in [0.4, 0.5) is 0 Å². The van der Waals surface area contributed by atoms with Crippen molar-refractivity contribution in [3.63, 3.8) is 0 Å². The molecule has 3 aliphatic rings. The first-order valence-electron chi connectivity index (χ1n) is 15.0. The quantitative estimate of drug-likeness (QED) is 0.261. The van der Waals surface area contributed by atoms with Crippen LogP contribution in [-0.2, 0) is 8.85 Å². The number of aliphatic hydroxyl groups excluding tert-OH is 1. The van der Waals surface area contributed by atoms with Gasteiger partial charge in [-0.1, -0.05) is 78.8 Å². The second-order valence-corrected chi connectivity index (χ2v) is 25.2. The zero-order valence-electron chi connectivity index (χ0n) is 26.8. The van der Waals surface area contributed by atoms with Crippen molar-refractivity contribution in [3.8, 4) is 0 Å². The van der Waals surface area contributed by atoms with Gasteiger partial charge in [-0.15, -0.1) is 0 Å². The highest BCUT2D eigenvalue weighted by atomic mass is 28.4. The molecule has 0 aromatic heterocycles. The molecule has 0 saturated heterocycles. The molecule has 0 bridgehead atoms. The summed E-state index contributed by atoms with van der Waals surface area (Å²) in [6.45, 7) is 32.2. The van der Waals surface area contributed by atoms with E-state index in [-0.39, 0.29) is 33.8 Å². The van der Waals surface area contributed by atoms with Crippen molar-refractivity contribution in [2.75, 3.05) is 0 Å². The van der Waals surface area contributed by atoms with E-state index in [2.05, 4.69) is 99.5 Å². The van der Waals surface area contributed by atoms with Gasteiger partial charge in [0.25, 0.3) is 0 Å². The SMILES string of the molecule is C=C1C(=CC=C2CCC[C@]3(C)C([C@H](C)O)=CC[C@@H]23)C[C@@H](O[Si](C)(C)C(C)(C)C)C[C@@H]1O[Si](C)(C)C(C)(C)C. The van der Waals surface area contributed by atoms with Crippen LogP contribution in [-0.4, -0.2) is 40.1 Å². The molecule has 5 atom stereocenters. The molecule has 0 spiro atoms. The fourth-order valence-electron chi connectivity index (χ4n) is 6.26. The molecule has 3 nitrogen and oxygen atoms in total. The minimum atomic E-state index is -1.97. The standard InChI is InChI=1S/C33H58O3Si2/c1-23-26(17-16-25-15-14-20-33(9)28(24(2)34)18-19-29(25)33)21-27(35-37(10,11)31(3,4)5)22-30(23)36-38(12,13)32(6,7)8/h16-18,24,27,29-30,34H,1,14-15,19-22H2,2-13H3/t24-,27+,29-,30-,33+/m0/s1. The van der Waals surface area contributed by atoms with Crippen LogP contribution in [0.15, 0.2) is 47.1 Å². The second kappa shape index (κ2) is 10.9. The summed E-state index contributed by atoms with van der Waals surface area (Å²) in [6.07, 6.45) is 13.2. The molecule has 3 aliphatic carbocycles. The highest BCUT2D eigenvalue weighted by molar-refractivity contribution is 6.74. The molecule has 216 valence electrons. The lowest BCUT2D eigenvalue weighted by atomic mass is 9.63. The predicted molar refractivity (Wildman–Crippen MR) is 169 cm³/mol. The Hall–Kier alpha value is -0.726. The molecule has 2 fully saturated rings. The van der Waals surface area contributed by atoms with Gasteiger partial charge in [0.15, 0.2) is 16.6 Å². The number of hydrogen-bond donors (Lipinski definition) is 1. The first-order chi connectivity index (χ1) is 17.2. The summed E-state index contributed by atoms with van der Waals surface area (Å²) < 4.78 is 14.0. The van der Waals surface area contributed by atoms with E-state index < -0.39 is 16.6 Å². The van der Waals surface area contributed by atoms with Gasteiger partial charge in [-0.2, -0.15) is 0 Å². The molecule has 3 rings (SSSR count). The second-order valence-electron chi connectivity index (χ2n) is 15.7. The average Bonchev–Trinajstić information content (AvgIpc) is 3.10. The maximum Gasteiger partial charge on any atom is 0.192 e. The van der Waals surface area contributed by atoms with Gasteiger partial charge < -0.3 is 14.0 Å². The van der Waals surface area contributed by atoms with E-state index in [0.717, 1.165) is 31.3 Å². The molecule has 2 saturated carbocycles. The van der Waals surface area contributed by atoms with E-state index in [1.54, 1.807) is 0 Å². The smallest absolute Gasteiger partial charge is 0.192 e. The van der Waals surface area contributed by atoms with Gasteiger partial charge in [-0.05, 0) is 103 Å². The first kappa shape index (κ1) is 31.8. The summed E-state index contributed by atoms with van der Waals surface area (Å²) in [5.74, 6) is 0.494. The number of allylic oxidation sites excluding steroid dienone is 4. The van der Waals surface area contributed by atoms with Crippen LogP contribution in [0.5, 0.6) is 0 Å². The molecule has 0 aliphatic heterocycles. The number of hydrogen-bond acceptors (Lipinski definition) is 3. The van der Waals surface area contributed by atoms with Gasteiger partial charge in [0.2, 0.25) is 0 Å². The summed E-state index contributed by atoms with van der Waals surface area (Å²) >= 11 is 0. The lowest BCUT2D eigenvalue weighted by Gasteiger charge is -2.45. The van der Waals surface area contributed by atoms with Crippen molar-refractivity contribution >= 4 is 16.6 Å². The van der Waals surface area contributed by atoms with Crippen LogP contribution in [0.1, 0.15) is 93.9 Å². The molecule has 38 heavy (non-hydrogen) atoms. The van der Waals surface area contributed by atoms with Crippen LogP contribution in [0, 0.1) is 11.3 Å². The average molecular weight is 559 g/mol. The van der Waals surface area contributed by atoms with E-state index in [0.29, 0.717) is 5.92 Å². The Morgan fingerprint density at radius 1 is 1.03 bits per heavy atom. The van der Waals surface area contributed by atoms with Crippen LogP contribution >= 0.6 is 0 Å². The lowest BCUT2D eigenvalue weighted by molar-refractivity contribution is 0.0969. The van der Waals surface area contributed by atoms with E-state index in [9.17, 15) is 5.11 Å². The molecule has 0 radical (unpaired) electrons. The fourth-order valence-corrected chi connectivity index (χ4v) is 8.93. The third-order valence-corrected chi connectivity index (χ3v) is 19.8. The van der Waals surface area contributed by atoms with Crippen LogP contribution in [0.2, 0.25) is 36.3 Å². The first-order valence-corrected chi connectivity index (χ1v) is 20.8. The normalized spacial score (nSPS) is 32.5. The zero-order valence-corrected chi connectivity index (χ0v) is 28.8. The van der Waals surface area contributed by atoms with Crippen LogP contribution in [0.25, 0.3) is 0 Å². The van der Waals surface area contributed by atoms with Crippen molar-refractivity contribution in [1.82, 2.24) is 0 Å². The zero-order chi connectivity index (χ0) is 28.9. The maximum atomic E-state index is 10.4. The van der Waals surface area contributed by atoms with E-state index in [1.165, 1.54) is 29.6 Å². The minimum absolute atomic E-state index is 0.00988. The number of rotatable bonds is 6. The van der Waals surface area contributed by atoms with Crippen LogP contribution in [0.3, 0.4) is 0 Å². The summed E-state index contributed by atoms with van der Waals surface area (Å²) in [7, 11) is -3.89. The van der Waals surface area contributed by atoms with E-state index in [4.69, 9.17) is 8.85 Å². The molecule has 1 N–H and O–H groups in total. The third kappa shape index (κ3) is 6.43. The van der Waals surface area contributed by atoms with Gasteiger partial charge in [0.1, 0.15) is 0 Å². The highest BCUT2D eigenvalue weighted by Crippen LogP contribution is 2.55. The Bertz CT molecular complexity index is 987. The van der Waals surface area contributed by atoms with Gasteiger partial charge in [0, 0.05) is 6.42 Å². The molecule has 0 aromatic rings. The Kier molecular flexibility index (Phi) is 9.14. The van der Waals surface area contributed by atoms with Gasteiger partial charge in [0.05, 0.1) is 18.3 Å². The molecule has 0 amide bonds. The molecular weight excluding hydrogens is 501 g/mol. The van der Waals surface area contributed by atoms with Crippen molar-refractivity contribution in [2.24, 2.45) is 11.3 Å². The van der Waals surface area contributed by atoms with Gasteiger partial charge >= 0.3 is 0 Å². The molecule has 5 heteroatoms. The van der Waals surface area contributed by atoms with Gasteiger partial charge in [-0.25, -0.2) is 0 Å².